The van der Waals surface area contributed by atoms with Crippen LogP contribution in [0.15, 0.2) is 66.0 Å². The number of hydrogen-bond acceptors (Lipinski definition) is 10. The van der Waals surface area contributed by atoms with Crippen LogP contribution in [0, 0.1) is 29.6 Å². The Balaban J connectivity index is 1.18. The Bertz CT molecular complexity index is 1450. The fourth-order valence-electron chi connectivity index (χ4n) is 6.72. The molecule has 0 saturated carbocycles. The highest BCUT2D eigenvalue weighted by atomic mass is 32.1. The number of ether oxygens (including phenoxy) is 3. The molecule has 1 aliphatic heterocycles. The van der Waals surface area contributed by atoms with Gasteiger partial charge in [0.25, 0.3) is 0 Å². The minimum atomic E-state index is -1.09. The second kappa shape index (κ2) is 13.5. The summed E-state index contributed by atoms with van der Waals surface area (Å²) < 4.78 is 17.1. The molecule has 0 aromatic heterocycles. The van der Waals surface area contributed by atoms with E-state index in [1.807, 2.05) is 12.2 Å². The van der Waals surface area contributed by atoms with E-state index in [-0.39, 0.29) is 79.3 Å². The van der Waals surface area contributed by atoms with Gasteiger partial charge >= 0.3 is 5.97 Å². The van der Waals surface area contributed by atoms with Crippen molar-refractivity contribution in [3.05, 3.63) is 77.1 Å². The van der Waals surface area contributed by atoms with E-state index in [0.717, 1.165) is 11.1 Å². The number of phenolic OH excluding ortho intramolecular Hbond substituents is 1. The Labute approximate surface area is 261 Å². The number of carbonyl (C=O) groups excluding carboxylic acids is 4. The summed E-state index contributed by atoms with van der Waals surface area (Å²) in [6.45, 7) is 0.618. The number of amides is 1. The third kappa shape index (κ3) is 6.40. The first kappa shape index (κ1) is 31.7. The Morgan fingerprint density at radius 2 is 1.86 bits per heavy atom. The van der Waals surface area contributed by atoms with E-state index < -0.39 is 29.3 Å². The fraction of sp³-hybridized carbons (Fsp3) is 0.455. The highest BCUT2D eigenvalue weighted by Gasteiger charge is 2.62. The van der Waals surface area contributed by atoms with Crippen LogP contribution in [-0.4, -0.2) is 65.8 Å². The number of carbonyl (C=O) groups is 4. The molecule has 1 spiro atoms. The summed E-state index contributed by atoms with van der Waals surface area (Å²) in [6, 6.07) is 5.06. The lowest BCUT2D eigenvalue weighted by atomic mass is 9.58. The first-order valence-electron chi connectivity index (χ1n) is 14.8. The van der Waals surface area contributed by atoms with E-state index in [0.29, 0.717) is 25.0 Å². The molecule has 0 bridgehead atoms. The molecule has 1 fully saturated rings. The number of fused-ring (bicyclic) bond motifs is 6. The highest BCUT2D eigenvalue weighted by molar-refractivity contribution is 7.80. The maximum atomic E-state index is 13.2. The van der Waals surface area contributed by atoms with Crippen molar-refractivity contribution in [1.82, 2.24) is 0 Å². The summed E-state index contributed by atoms with van der Waals surface area (Å²) in [5.74, 6) is -2.83. The van der Waals surface area contributed by atoms with Gasteiger partial charge < -0.3 is 30.2 Å². The van der Waals surface area contributed by atoms with Crippen LogP contribution < -0.4 is 5.73 Å². The summed E-state index contributed by atoms with van der Waals surface area (Å²) in [7, 11) is 0. The standard InChI is InChI=1S/C33H37NO9S/c34-31(39)22(18-44)15-25(37)17-42-11-10-41-9-1-2-30(38)19-3-6-26-29(16-19)33(43-32(26)40)27-7-4-23(35)13-20(27)12-21-14-24(36)5-8-28(21)33/h3-8,13-14,16,20,22,26-27,29,35-36,44H,1-2,9-12,15,17-18H2,(H2,34,39). The number of benzene rings is 1. The Morgan fingerprint density at radius 3 is 2.64 bits per heavy atom. The van der Waals surface area contributed by atoms with Crippen molar-refractivity contribution < 1.29 is 43.6 Å². The maximum Gasteiger partial charge on any atom is 0.314 e. The summed E-state index contributed by atoms with van der Waals surface area (Å²) in [4.78, 5) is 49.6. The molecular weight excluding hydrogens is 586 g/mol. The van der Waals surface area contributed by atoms with E-state index in [4.69, 9.17) is 19.9 Å². The predicted octanol–water partition coefficient (Wildman–Crippen LogP) is 3.05. The number of phenols is 1. The second-order valence-electron chi connectivity index (χ2n) is 11.6. The van der Waals surface area contributed by atoms with Gasteiger partial charge in [-0.3, -0.25) is 19.2 Å². The van der Waals surface area contributed by atoms with Gasteiger partial charge in [0.1, 0.15) is 18.1 Å². The van der Waals surface area contributed by atoms with E-state index in [9.17, 15) is 29.4 Å². The zero-order chi connectivity index (χ0) is 31.4. The lowest BCUT2D eigenvalue weighted by molar-refractivity contribution is -0.157. The topological polar surface area (TPSA) is 162 Å². The van der Waals surface area contributed by atoms with Crippen LogP contribution in [0.3, 0.4) is 0 Å². The lowest BCUT2D eigenvalue weighted by Gasteiger charge is -2.47. The first-order valence-corrected chi connectivity index (χ1v) is 15.4. The van der Waals surface area contributed by atoms with Crippen molar-refractivity contribution in [3.63, 3.8) is 0 Å². The molecule has 11 heteroatoms. The van der Waals surface area contributed by atoms with Crippen LogP contribution in [0.5, 0.6) is 5.75 Å². The van der Waals surface area contributed by atoms with Gasteiger partial charge in [-0.1, -0.05) is 30.4 Å². The van der Waals surface area contributed by atoms with Crippen LogP contribution in [-0.2, 0) is 45.4 Å². The van der Waals surface area contributed by atoms with Crippen LogP contribution in [0.25, 0.3) is 0 Å². The smallest absolute Gasteiger partial charge is 0.314 e. The molecule has 10 nitrogen and oxygen atoms in total. The molecule has 0 radical (unpaired) electrons. The van der Waals surface area contributed by atoms with Gasteiger partial charge in [0.2, 0.25) is 5.91 Å². The molecule has 44 heavy (non-hydrogen) atoms. The van der Waals surface area contributed by atoms with Gasteiger partial charge in [0.05, 0.1) is 25.0 Å². The molecule has 5 rings (SSSR count). The molecule has 1 heterocycles. The highest BCUT2D eigenvalue weighted by Crippen LogP contribution is 2.59. The SMILES string of the molecule is NC(=O)C(CS)CC(=O)COCCOCCCC(=O)C1=CC2C(C=C1)C(=O)OC21c2ccc(O)cc2CC2C=C(O)C=CC21. The van der Waals surface area contributed by atoms with Gasteiger partial charge in [-0.05, 0) is 48.6 Å². The van der Waals surface area contributed by atoms with Crippen LogP contribution in [0.2, 0.25) is 0 Å². The van der Waals surface area contributed by atoms with E-state index in [1.165, 1.54) is 0 Å². The van der Waals surface area contributed by atoms with Crippen molar-refractivity contribution in [3.8, 4) is 5.75 Å². The summed E-state index contributed by atoms with van der Waals surface area (Å²) >= 11 is 4.03. The van der Waals surface area contributed by atoms with Gasteiger partial charge in [-0.15, -0.1) is 0 Å². The maximum absolute atomic E-state index is 13.2. The van der Waals surface area contributed by atoms with Gasteiger partial charge in [0.15, 0.2) is 17.2 Å². The quantitative estimate of drug-likeness (QED) is 0.139. The molecule has 1 saturated heterocycles. The van der Waals surface area contributed by atoms with E-state index in [2.05, 4.69) is 12.6 Å². The van der Waals surface area contributed by atoms with Gasteiger partial charge in [-0.25, -0.2) is 0 Å². The molecule has 234 valence electrons. The summed E-state index contributed by atoms with van der Waals surface area (Å²) in [5.41, 5.74) is 6.29. The lowest BCUT2D eigenvalue weighted by Crippen LogP contribution is -2.48. The zero-order valence-corrected chi connectivity index (χ0v) is 25.1. The fourth-order valence-corrected chi connectivity index (χ4v) is 7.03. The number of ketones is 2. The third-order valence-corrected chi connectivity index (χ3v) is 9.23. The van der Waals surface area contributed by atoms with Crippen LogP contribution in [0.1, 0.15) is 30.4 Å². The number of allylic oxidation sites excluding steroid dienone is 4. The number of rotatable bonds is 14. The second-order valence-corrected chi connectivity index (χ2v) is 12.0. The largest absolute Gasteiger partial charge is 0.508 e. The predicted molar refractivity (Wildman–Crippen MR) is 163 cm³/mol. The molecule has 1 aromatic rings. The normalized spacial score (nSPS) is 27.1. The summed E-state index contributed by atoms with van der Waals surface area (Å²) in [5, 5.41) is 20.4. The Hall–Kier alpha value is -3.67. The van der Waals surface area contributed by atoms with Crippen molar-refractivity contribution in [2.45, 2.75) is 31.3 Å². The number of aliphatic hydroxyl groups is 1. The van der Waals surface area contributed by atoms with Crippen molar-refractivity contribution in [2.75, 3.05) is 32.2 Å². The monoisotopic (exact) mass is 623 g/mol. The first-order chi connectivity index (χ1) is 21.1. The van der Waals surface area contributed by atoms with E-state index in [1.54, 1.807) is 42.5 Å². The molecule has 1 aromatic carbocycles. The molecular formula is C33H37NO9S. The van der Waals surface area contributed by atoms with Gasteiger partial charge in [-0.2, -0.15) is 12.6 Å². The number of hydrogen-bond donors (Lipinski definition) is 4. The Kier molecular flexibility index (Phi) is 9.77. The minimum absolute atomic E-state index is 0.0101. The average molecular weight is 624 g/mol. The number of esters is 1. The third-order valence-electron chi connectivity index (χ3n) is 8.79. The molecule has 3 aliphatic carbocycles. The number of primary amides is 1. The number of aliphatic hydroxyl groups excluding tert-OH is 1. The number of thiol groups is 1. The summed E-state index contributed by atoms with van der Waals surface area (Å²) in [6.07, 6.45) is 11.8. The van der Waals surface area contributed by atoms with Gasteiger partial charge in [0, 0.05) is 48.2 Å². The number of nitrogens with two attached hydrogens (primary N) is 1. The van der Waals surface area contributed by atoms with Crippen molar-refractivity contribution in [1.29, 1.82) is 0 Å². The molecule has 6 unspecified atom stereocenters. The molecule has 4 aliphatic rings. The number of Topliss-reactive ketones (excluding diaryl/α,β-unsaturated/α-hetero) is 2. The Morgan fingerprint density at radius 1 is 1.07 bits per heavy atom. The number of aromatic hydroxyl groups is 1. The molecule has 1 amide bonds. The minimum Gasteiger partial charge on any atom is -0.508 e. The van der Waals surface area contributed by atoms with Crippen molar-refractivity contribution in [2.24, 2.45) is 35.3 Å². The van der Waals surface area contributed by atoms with Crippen LogP contribution in [0.4, 0.5) is 0 Å². The van der Waals surface area contributed by atoms with E-state index >= 15 is 0 Å². The average Bonchev–Trinajstić information content (AvgIpc) is 3.28. The molecule has 4 N–H and O–H groups in total. The zero-order valence-electron chi connectivity index (χ0n) is 24.2. The van der Waals surface area contributed by atoms with Crippen LogP contribution >= 0.6 is 12.6 Å². The molecule has 6 atom stereocenters. The van der Waals surface area contributed by atoms with Crippen molar-refractivity contribution >= 4 is 36.1 Å².